The average Bonchev–Trinajstić information content (AvgIpc) is 2.30. The molecule has 0 amide bonds. The maximum absolute atomic E-state index is 5.68. The first-order valence-corrected chi connectivity index (χ1v) is 6.32. The lowest BCUT2D eigenvalue weighted by Crippen LogP contribution is -2.15. The largest absolute Gasteiger partial charge is 0.492 e. The highest BCUT2D eigenvalue weighted by atomic mass is 16.5. The van der Waals surface area contributed by atoms with Gasteiger partial charge in [0.25, 0.3) is 0 Å². The van der Waals surface area contributed by atoms with Crippen molar-refractivity contribution in [3.05, 3.63) is 23.8 Å². The fourth-order valence-electron chi connectivity index (χ4n) is 1.72. The monoisotopic (exact) mass is 236 g/mol. The third kappa shape index (κ3) is 4.27. The number of anilines is 1. The van der Waals surface area contributed by atoms with Crippen LogP contribution in [0.15, 0.2) is 18.2 Å². The zero-order valence-electron chi connectivity index (χ0n) is 11.4. The van der Waals surface area contributed by atoms with Crippen molar-refractivity contribution in [1.29, 1.82) is 0 Å². The topological polar surface area (TPSA) is 24.5 Å². The van der Waals surface area contributed by atoms with Gasteiger partial charge in [-0.15, -0.1) is 0 Å². The Morgan fingerprint density at radius 1 is 1.24 bits per heavy atom. The molecule has 96 valence electrons. The summed E-state index contributed by atoms with van der Waals surface area (Å²) in [5.41, 5.74) is 2.40. The lowest BCUT2D eigenvalue weighted by Gasteiger charge is -2.18. The van der Waals surface area contributed by atoms with Crippen LogP contribution in [-0.4, -0.2) is 27.2 Å². The molecule has 1 aromatic rings. The van der Waals surface area contributed by atoms with E-state index in [4.69, 9.17) is 4.74 Å². The van der Waals surface area contributed by atoms with Gasteiger partial charge in [0, 0.05) is 20.6 Å². The second-order valence-electron chi connectivity index (χ2n) is 4.31. The van der Waals surface area contributed by atoms with Crippen molar-refractivity contribution in [3.63, 3.8) is 0 Å². The van der Waals surface area contributed by atoms with Crippen molar-refractivity contribution in [1.82, 2.24) is 5.32 Å². The van der Waals surface area contributed by atoms with E-state index in [0.717, 1.165) is 30.9 Å². The molecule has 0 heterocycles. The molecule has 3 nitrogen and oxygen atoms in total. The Kier molecular flexibility index (Phi) is 5.84. The summed E-state index contributed by atoms with van der Waals surface area (Å²) in [4.78, 5) is 2.08. The summed E-state index contributed by atoms with van der Waals surface area (Å²) in [6.07, 6.45) is 1.16. The molecule has 0 saturated carbocycles. The molecule has 17 heavy (non-hydrogen) atoms. The van der Waals surface area contributed by atoms with Crippen LogP contribution in [0.2, 0.25) is 0 Å². The molecule has 0 aliphatic rings. The second kappa shape index (κ2) is 7.17. The minimum absolute atomic E-state index is 0.701. The molecule has 0 saturated heterocycles. The third-order valence-corrected chi connectivity index (χ3v) is 2.56. The summed E-state index contributed by atoms with van der Waals surface area (Å²) in [5.74, 6) is 0.966. The van der Waals surface area contributed by atoms with Crippen LogP contribution in [0.1, 0.15) is 25.8 Å². The minimum Gasteiger partial charge on any atom is -0.492 e. The van der Waals surface area contributed by atoms with Crippen LogP contribution in [0.25, 0.3) is 0 Å². The van der Waals surface area contributed by atoms with E-state index in [1.54, 1.807) is 0 Å². The van der Waals surface area contributed by atoms with E-state index in [1.807, 2.05) is 21.0 Å². The van der Waals surface area contributed by atoms with Gasteiger partial charge >= 0.3 is 0 Å². The first-order chi connectivity index (χ1) is 8.19. The number of nitrogens with zero attached hydrogens (tertiary/aromatic N) is 1. The molecule has 0 fully saturated rings. The van der Waals surface area contributed by atoms with Crippen LogP contribution in [0.5, 0.6) is 5.75 Å². The number of ether oxygens (including phenoxy) is 1. The Labute approximate surface area is 105 Å². The highest BCUT2D eigenvalue weighted by Gasteiger charge is 2.06. The van der Waals surface area contributed by atoms with E-state index in [0.29, 0.717) is 6.61 Å². The van der Waals surface area contributed by atoms with Gasteiger partial charge in [-0.1, -0.05) is 13.0 Å². The standard InChI is InChI=1S/C14H24N2O/c1-5-9-15-11-12-7-8-13(16(3)4)14(10-12)17-6-2/h7-8,10,15H,5-6,9,11H2,1-4H3. The molecule has 3 heteroatoms. The molecule has 1 N–H and O–H groups in total. The highest BCUT2D eigenvalue weighted by Crippen LogP contribution is 2.28. The zero-order valence-corrected chi connectivity index (χ0v) is 11.4. The van der Waals surface area contributed by atoms with Crippen molar-refractivity contribution in [2.75, 3.05) is 32.1 Å². The lowest BCUT2D eigenvalue weighted by molar-refractivity contribution is 0.340. The lowest BCUT2D eigenvalue weighted by atomic mass is 10.1. The van der Waals surface area contributed by atoms with Gasteiger partial charge in [-0.25, -0.2) is 0 Å². The summed E-state index contributed by atoms with van der Waals surface area (Å²) < 4.78 is 5.68. The molecule has 0 spiro atoms. The first kappa shape index (κ1) is 13.8. The van der Waals surface area contributed by atoms with E-state index in [9.17, 15) is 0 Å². The van der Waals surface area contributed by atoms with Crippen molar-refractivity contribution < 1.29 is 4.74 Å². The van der Waals surface area contributed by atoms with E-state index in [1.165, 1.54) is 5.56 Å². The highest BCUT2D eigenvalue weighted by molar-refractivity contribution is 5.58. The number of benzene rings is 1. The van der Waals surface area contributed by atoms with Gasteiger partial charge in [-0.05, 0) is 37.6 Å². The summed E-state index contributed by atoms with van der Waals surface area (Å²) in [6, 6.07) is 6.40. The summed E-state index contributed by atoms with van der Waals surface area (Å²) >= 11 is 0. The van der Waals surface area contributed by atoms with E-state index in [2.05, 4.69) is 35.3 Å². The Hall–Kier alpha value is -1.22. The van der Waals surface area contributed by atoms with Crippen LogP contribution in [0, 0.1) is 0 Å². The predicted molar refractivity (Wildman–Crippen MR) is 73.9 cm³/mol. The van der Waals surface area contributed by atoms with E-state index < -0.39 is 0 Å². The van der Waals surface area contributed by atoms with Crippen LogP contribution in [0.3, 0.4) is 0 Å². The van der Waals surface area contributed by atoms with Crippen LogP contribution in [0.4, 0.5) is 5.69 Å². The molecule has 0 aliphatic heterocycles. The zero-order chi connectivity index (χ0) is 12.7. The van der Waals surface area contributed by atoms with Crippen LogP contribution in [-0.2, 0) is 6.54 Å². The van der Waals surface area contributed by atoms with Crippen molar-refractivity contribution in [3.8, 4) is 5.75 Å². The maximum Gasteiger partial charge on any atom is 0.142 e. The van der Waals surface area contributed by atoms with E-state index >= 15 is 0 Å². The molecule has 0 bridgehead atoms. The van der Waals surface area contributed by atoms with Crippen molar-refractivity contribution in [2.24, 2.45) is 0 Å². The van der Waals surface area contributed by atoms with Gasteiger partial charge < -0.3 is 15.0 Å². The Bertz CT molecular complexity index is 337. The van der Waals surface area contributed by atoms with E-state index in [-0.39, 0.29) is 0 Å². The maximum atomic E-state index is 5.68. The molecule has 0 unspecified atom stereocenters. The predicted octanol–water partition coefficient (Wildman–Crippen LogP) is 2.65. The minimum atomic E-state index is 0.701. The molecule has 0 radical (unpaired) electrons. The number of rotatable bonds is 7. The molecule has 1 aromatic carbocycles. The number of nitrogens with one attached hydrogen (secondary N) is 1. The van der Waals surface area contributed by atoms with Crippen molar-refractivity contribution in [2.45, 2.75) is 26.8 Å². The third-order valence-electron chi connectivity index (χ3n) is 2.56. The smallest absolute Gasteiger partial charge is 0.142 e. The SMILES string of the molecule is CCCNCc1ccc(N(C)C)c(OCC)c1. The molecular formula is C14H24N2O. The molecule has 1 rings (SSSR count). The van der Waals surface area contributed by atoms with Gasteiger partial charge in [0.15, 0.2) is 0 Å². The fraction of sp³-hybridized carbons (Fsp3) is 0.571. The summed E-state index contributed by atoms with van der Waals surface area (Å²) in [5, 5.41) is 3.40. The Morgan fingerprint density at radius 3 is 2.59 bits per heavy atom. The fourth-order valence-corrected chi connectivity index (χ4v) is 1.72. The summed E-state index contributed by atoms with van der Waals surface area (Å²) in [7, 11) is 4.07. The van der Waals surface area contributed by atoms with Crippen molar-refractivity contribution >= 4 is 5.69 Å². The molecule has 0 aliphatic carbocycles. The van der Waals surface area contributed by atoms with Crippen LogP contribution < -0.4 is 15.0 Å². The molecule has 0 aromatic heterocycles. The Morgan fingerprint density at radius 2 is 2.00 bits per heavy atom. The number of hydrogen-bond acceptors (Lipinski definition) is 3. The van der Waals surface area contributed by atoms with Gasteiger partial charge in [0.05, 0.1) is 12.3 Å². The molecule has 0 atom stereocenters. The first-order valence-electron chi connectivity index (χ1n) is 6.32. The second-order valence-corrected chi connectivity index (χ2v) is 4.31. The van der Waals surface area contributed by atoms with Gasteiger partial charge in [0.1, 0.15) is 5.75 Å². The summed E-state index contributed by atoms with van der Waals surface area (Å²) in [6.45, 7) is 6.85. The normalized spacial score (nSPS) is 10.4. The van der Waals surface area contributed by atoms with Gasteiger partial charge in [-0.2, -0.15) is 0 Å². The number of hydrogen-bond donors (Lipinski definition) is 1. The molecular weight excluding hydrogens is 212 g/mol. The van der Waals surface area contributed by atoms with Crippen LogP contribution >= 0.6 is 0 Å². The Balaban J connectivity index is 2.77. The quantitative estimate of drug-likeness (QED) is 0.737. The van der Waals surface area contributed by atoms with Gasteiger partial charge in [0.2, 0.25) is 0 Å². The van der Waals surface area contributed by atoms with Gasteiger partial charge in [-0.3, -0.25) is 0 Å². The average molecular weight is 236 g/mol.